The molecule has 0 bridgehead atoms. The molecule has 2 rings (SSSR count). The molecule has 1 aliphatic rings. The Morgan fingerprint density at radius 3 is 2.27 bits per heavy atom. The molecular formula is C16H26N2O3S. The molecule has 5 nitrogen and oxygen atoms in total. The standard InChI is InChI=1S/C16H26N2O3S/c1-3-4-5-14-21-15-6-8-16(9-7-15)22(19,20)18-12-10-17(2)11-13-18/h6-9H,3-5,10-14H2,1-2H3. The lowest BCUT2D eigenvalue weighted by Gasteiger charge is -2.31. The number of piperazine rings is 1. The van der Waals surface area contributed by atoms with Crippen LogP contribution in [0.15, 0.2) is 29.2 Å². The van der Waals surface area contributed by atoms with Gasteiger partial charge in [-0.25, -0.2) is 8.42 Å². The minimum absolute atomic E-state index is 0.345. The molecule has 0 unspecified atom stereocenters. The lowest BCUT2D eigenvalue weighted by atomic mass is 10.3. The van der Waals surface area contributed by atoms with Gasteiger partial charge in [0.05, 0.1) is 11.5 Å². The molecule has 22 heavy (non-hydrogen) atoms. The summed E-state index contributed by atoms with van der Waals surface area (Å²) in [6.07, 6.45) is 3.33. The Balaban J connectivity index is 1.96. The Bertz CT molecular complexity index is 549. The Kier molecular flexibility index (Phi) is 6.23. The first-order valence-electron chi connectivity index (χ1n) is 7.95. The summed E-state index contributed by atoms with van der Waals surface area (Å²) in [5.41, 5.74) is 0. The molecule has 1 heterocycles. The normalized spacial score (nSPS) is 17.5. The summed E-state index contributed by atoms with van der Waals surface area (Å²) < 4.78 is 32.3. The lowest BCUT2D eigenvalue weighted by molar-refractivity contribution is 0.222. The quantitative estimate of drug-likeness (QED) is 0.721. The van der Waals surface area contributed by atoms with Gasteiger partial charge in [-0.3, -0.25) is 0 Å². The van der Waals surface area contributed by atoms with Crippen LogP contribution in [0.25, 0.3) is 0 Å². The molecule has 0 spiro atoms. The van der Waals surface area contributed by atoms with Crippen molar-refractivity contribution in [1.29, 1.82) is 0 Å². The first kappa shape index (κ1) is 17.2. The first-order chi connectivity index (χ1) is 10.5. The van der Waals surface area contributed by atoms with Crippen LogP contribution in [0.3, 0.4) is 0 Å². The SMILES string of the molecule is CCCCCOc1ccc(S(=O)(=O)N2CCN(C)CC2)cc1. The molecule has 124 valence electrons. The molecule has 1 fully saturated rings. The molecule has 0 saturated carbocycles. The number of nitrogens with zero attached hydrogens (tertiary/aromatic N) is 2. The van der Waals surface area contributed by atoms with Gasteiger partial charge in [0.25, 0.3) is 0 Å². The van der Waals surface area contributed by atoms with Gasteiger partial charge < -0.3 is 9.64 Å². The highest BCUT2D eigenvalue weighted by atomic mass is 32.2. The summed E-state index contributed by atoms with van der Waals surface area (Å²) in [7, 11) is -1.37. The largest absolute Gasteiger partial charge is 0.494 e. The van der Waals surface area contributed by atoms with Crippen molar-refractivity contribution in [1.82, 2.24) is 9.21 Å². The lowest BCUT2D eigenvalue weighted by Crippen LogP contribution is -2.46. The number of ether oxygens (including phenoxy) is 1. The third kappa shape index (κ3) is 4.44. The molecule has 1 saturated heterocycles. The molecule has 0 aliphatic carbocycles. The Morgan fingerprint density at radius 1 is 1.05 bits per heavy atom. The van der Waals surface area contributed by atoms with E-state index in [4.69, 9.17) is 4.74 Å². The topological polar surface area (TPSA) is 49.9 Å². The average molecular weight is 326 g/mol. The van der Waals surface area contributed by atoms with Gasteiger partial charge in [0, 0.05) is 26.2 Å². The summed E-state index contributed by atoms with van der Waals surface area (Å²) in [5.74, 6) is 0.730. The van der Waals surface area contributed by atoms with Gasteiger partial charge in [0.2, 0.25) is 10.0 Å². The van der Waals surface area contributed by atoms with Gasteiger partial charge in [-0.15, -0.1) is 0 Å². The van der Waals surface area contributed by atoms with E-state index in [1.54, 1.807) is 28.6 Å². The van der Waals surface area contributed by atoms with Gasteiger partial charge in [-0.1, -0.05) is 19.8 Å². The van der Waals surface area contributed by atoms with E-state index in [0.29, 0.717) is 24.6 Å². The van der Waals surface area contributed by atoms with Crippen molar-refractivity contribution in [3.63, 3.8) is 0 Å². The summed E-state index contributed by atoms with van der Waals surface area (Å²) in [4.78, 5) is 2.48. The Morgan fingerprint density at radius 2 is 1.68 bits per heavy atom. The van der Waals surface area contributed by atoms with Gasteiger partial charge in [0.15, 0.2) is 0 Å². The second-order valence-corrected chi connectivity index (χ2v) is 7.67. The van der Waals surface area contributed by atoms with E-state index in [1.807, 2.05) is 7.05 Å². The summed E-state index contributed by atoms with van der Waals surface area (Å²) >= 11 is 0. The highest BCUT2D eigenvalue weighted by Gasteiger charge is 2.27. The number of hydrogen-bond acceptors (Lipinski definition) is 4. The number of benzene rings is 1. The maximum Gasteiger partial charge on any atom is 0.243 e. The number of rotatable bonds is 7. The van der Waals surface area contributed by atoms with Crippen molar-refractivity contribution in [2.75, 3.05) is 39.8 Å². The third-order valence-electron chi connectivity index (χ3n) is 3.94. The monoisotopic (exact) mass is 326 g/mol. The summed E-state index contributed by atoms with van der Waals surface area (Å²) in [6, 6.07) is 6.77. The fourth-order valence-electron chi connectivity index (χ4n) is 2.43. The highest BCUT2D eigenvalue weighted by molar-refractivity contribution is 7.89. The molecular weight excluding hydrogens is 300 g/mol. The second kappa shape index (κ2) is 7.94. The maximum atomic E-state index is 12.6. The minimum Gasteiger partial charge on any atom is -0.494 e. The minimum atomic E-state index is -3.38. The maximum absolute atomic E-state index is 12.6. The van der Waals surface area contributed by atoms with E-state index in [-0.39, 0.29) is 0 Å². The van der Waals surface area contributed by atoms with Gasteiger partial charge in [-0.2, -0.15) is 4.31 Å². The number of likely N-dealkylation sites (N-methyl/N-ethyl adjacent to an activating group) is 1. The molecule has 0 aromatic heterocycles. The fourth-order valence-corrected chi connectivity index (χ4v) is 3.85. The fraction of sp³-hybridized carbons (Fsp3) is 0.625. The zero-order valence-corrected chi connectivity index (χ0v) is 14.3. The number of hydrogen-bond donors (Lipinski definition) is 0. The summed E-state index contributed by atoms with van der Waals surface area (Å²) in [6.45, 7) is 5.48. The van der Waals surface area contributed by atoms with Crippen LogP contribution in [0.5, 0.6) is 5.75 Å². The Labute approximate surface area is 133 Å². The van der Waals surface area contributed by atoms with Crippen LogP contribution in [0.1, 0.15) is 26.2 Å². The van der Waals surface area contributed by atoms with Crippen LogP contribution in [0, 0.1) is 0 Å². The zero-order chi connectivity index (χ0) is 16.0. The van der Waals surface area contributed by atoms with Gasteiger partial charge >= 0.3 is 0 Å². The Hall–Kier alpha value is -1.11. The summed E-state index contributed by atoms with van der Waals surface area (Å²) in [5, 5.41) is 0. The van der Waals surface area contributed by atoms with Crippen molar-refractivity contribution >= 4 is 10.0 Å². The van der Waals surface area contributed by atoms with Crippen molar-refractivity contribution in [3.05, 3.63) is 24.3 Å². The number of unbranched alkanes of at least 4 members (excludes halogenated alkanes) is 2. The molecule has 1 aliphatic heterocycles. The number of sulfonamides is 1. The molecule has 0 amide bonds. The highest BCUT2D eigenvalue weighted by Crippen LogP contribution is 2.20. The predicted octanol–water partition coefficient (Wildman–Crippen LogP) is 2.19. The van der Waals surface area contributed by atoms with Crippen molar-refractivity contribution < 1.29 is 13.2 Å². The van der Waals surface area contributed by atoms with Gasteiger partial charge in [-0.05, 0) is 37.7 Å². The van der Waals surface area contributed by atoms with Gasteiger partial charge in [0.1, 0.15) is 5.75 Å². The van der Waals surface area contributed by atoms with E-state index in [1.165, 1.54) is 0 Å². The first-order valence-corrected chi connectivity index (χ1v) is 9.39. The van der Waals surface area contributed by atoms with E-state index in [9.17, 15) is 8.42 Å². The molecule has 1 aromatic rings. The molecule has 0 atom stereocenters. The molecule has 0 radical (unpaired) electrons. The average Bonchev–Trinajstić information content (AvgIpc) is 2.52. The van der Waals surface area contributed by atoms with Crippen molar-refractivity contribution in [2.45, 2.75) is 31.1 Å². The van der Waals surface area contributed by atoms with E-state index in [2.05, 4.69) is 11.8 Å². The second-order valence-electron chi connectivity index (χ2n) is 5.73. The van der Waals surface area contributed by atoms with Crippen LogP contribution in [-0.2, 0) is 10.0 Å². The molecule has 1 aromatic carbocycles. The van der Waals surface area contributed by atoms with Crippen molar-refractivity contribution in [2.24, 2.45) is 0 Å². The molecule has 0 N–H and O–H groups in total. The van der Waals surface area contributed by atoms with E-state index < -0.39 is 10.0 Å². The van der Waals surface area contributed by atoms with Crippen LogP contribution in [-0.4, -0.2) is 57.5 Å². The molecule has 6 heteroatoms. The smallest absolute Gasteiger partial charge is 0.243 e. The van der Waals surface area contributed by atoms with Crippen LogP contribution in [0.2, 0.25) is 0 Å². The van der Waals surface area contributed by atoms with Crippen molar-refractivity contribution in [3.8, 4) is 5.75 Å². The van der Waals surface area contributed by atoms with E-state index in [0.717, 1.165) is 38.1 Å². The van der Waals surface area contributed by atoms with Crippen LogP contribution in [0.4, 0.5) is 0 Å². The third-order valence-corrected chi connectivity index (χ3v) is 5.85. The zero-order valence-electron chi connectivity index (χ0n) is 13.5. The van der Waals surface area contributed by atoms with Crippen LogP contribution < -0.4 is 4.74 Å². The van der Waals surface area contributed by atoms with E-state index >= 15 is 0 Å². The van der Waals surface area contributed by atoms with Crippen LogP contribution >= 0.6 is 0 Å². The predicted molar refractivity (Wildman–Crippen MR) is 87.7 cm³/mol.